The third kappa shape index (κ3) is 2.63. The molecule has 0 radical (unpaired) electrons. The molecule has 0 saturated carbocycles. The molecule has 0 N–H and O–H groups in total. The van der Waals surface area contributed by atoms with Crippen molar-refractivity contribution in [2.24, 2.45) is 0 Å². The monoisotopic (exact) mass is 275 g/mol. The maximum atomic E-state index is 6.08. The van der Waals surface area contributed by atoms with E-state index in [4.69, 9.17) is 16.1 Å². The second kappa shape index (κ2) is 5.19. The lowest BCUT2D eigenvalue weighted by Crippen LogP contribution is -2.01. The molecule has 0 bridgehead atoms. The Bertz CT molecular complexity index is 664. The Morgan fingerprint density at radius 3 is 2.95 bits per heavy atom. The first kappa shape index (κ1) is 11.9. The third-order valence-electron chi connectivity index (χ3n) is 2.60. The van der Waals surface area contributed by atoms with E-state index in [1.165, 1.54) is 6.33 Å². The molecule has 96 valence electrons. The number of hydrogen-bond donors (Lipinski definition) is 0. The van der Waals surface area contributed by atoms with Crippen molar-refractivity contribution in [2.75, 3.05) is 0 Å². The van der Waals surface area contributed by atoms with Gasteiger partial charge in [-0.05, 0) is 12.1 Å². The average Bonchev–Trinajstić information content (AvgIpc) is 3.08. The van der Waals surface area contributed by atoms with Crippen molar-refractivity contribution >= 4 is 11.6 Å². The summed E-state index contributed by atoms with van der Waals surface area (Å²) in [7, 11) is 0. The minimum Gasteiger partial charge on any atom is -0.339 e. The van der Waals surface area contributed by atoms with E-state index in [-0.39, 0.29) is 0 Å². The van der Waals surface area contributed by atoms with Gasteiger partial charge in [-0.3, -0.25) is 4.68 Å². The van der Waals surface area contributed by atoms with E-state index in [0.717, 1.165) is 5.56 Å². The normalized spacial score (nSPS) is 10.8. The summed E-state index contributed by atoms with van der Waals surface area (Å²) in [4.78, 5) is 8.18. The smallest absolute Gasteiger partial charge is 0.228 e. The van der Waals surface area contributed by atoms with Gasteiger partial charge in [0.1, 0.15) is 12.7 Å². The van der Waals surface area contributed by atoms with Crippen LogP contribution < -0.4 is 0 Å². The summed E-state index contributed by atoms with van der Waals surface area (Å²) in [5.41, 5.74) is 0.764. The van der Waals surface area contributed by atoms with E-state index in [1.54, 1.807) is 17.1 Å². The predicted molar refractivity (Wildman–Crippen MR) is 68.5 cm³/mol. The van der Waals surface area contributed by atoms with Gasteiger partial charge in [-0.25, -0.2) is 4.98 Å². The standard InChI is InChI=1S/C12H10ClN5O/c13-10-4-2-1-3-9(10)12-16-11(19-17-12)5-6-18-8-14-7-15-18/h1-4,7-8H,5-6H2. The molecular formula is C12H10ClN5O. The molecule has 0 aliphatic heterocycles. The van der Waals surface area contributed by atoms with E-state index in [9.17, 15) is 0 Å². The second-order valence-electron chi connectivity index (χ2n) is 3.90. The third-order valence-corrected chi connectivity index (χ3v) is 2.93. The lowest BCUT2D eigenvalue weighted by atomic mass is 10.2. The summed E-state index contributed by atoms with van der Waals surface area (Å²) in [5, 5.41) is 8.54. The first-order chi connectivity index (χ1) is 9.33. The van der Waals surface area contributed by atoms with E-state index >= 15 is 0 Å². The average molecular weight is 276 g/mol. The quantitative estimate of drug-likeness (QED) is 0.730. The number of hydrogen-bond acceptors (Lipinski definition) is 5. The highest BCUT2D eigenvalue weighted by Crippen LogP contribution is 2.24. The topological polar surface area (TPSA) is 69.6 Å². The second-order valence-corrected chi connectivity index (χ2v) is 4.31. The fraction of sp³-hybridized carbons (Fsp3) is 0.167. The van der Waals surface area contributed by atoms with Crippen LogP contribution >= 0.6 is 11.6 Å². The summed E-state index contributed by atoms with van der Waals surface area (Å²) in [6, 6.07) is 7.39. The van der Waals surface area contributed by atoms with Crippen LogP contribution in [0.3, 0.4) is 0 Å². The van der Waals surface area contributed by atoms with Gasteiger partial charge in [0, 0.05) is 12.0 Å². The van der Waals surface area contributed by atoms with Crippen molar-refractivity contribution in [3.63, 3.8) is 0 Å². The fourth-order valence-corrected chi connectivity index (χ4v) is 1.89. The highest BCUT2D eigenvalue weighted by molar-refractivity contribution is 6.33. The van der Waals surface area contributed by atoms with Crippen molar-refractivity contribution in [2.45, 2.75) is 13.0 Å². The van der Waals surface area contributed by atoms with Crippen LogP contribution in [0.1, 0.15) is 5.89 Å². The number of aryl methyl sites for hydroxylation is 2. The number of halogens is 1. The molecule has 2 heterocycles. The van der Waals surface area contributed by atoms with Gasteiger partial charge in [-0.1, -0.05) is 28.9 Å². The van der Waals surface area contributed by atoms with Crippen LogP contribution in [0.4, 0.5) is 0 Å². The summed E-state index contributed by atoms with van der Waals surface area (Å²) >= 11 is 6.08. The van der Waals surface area contributed by atoms with E-state index in [2.05, 4.69) is 20.2 Å². The summed E-state index contributed by atoms with van der Waals surface area (Å²) in [5.74, 6) is 1.05. The zero-order valence-electron chi connectivity index (χ0n) is 9.90. The highest BCUT2D eigenvalue weighted by atomic mass is 35.5. The van der Waals surface area contributed by atoms with Gasteiger partial charge in [0.05, 0.1) is 11.6 Å². The molecule has 7 heteroatoms. The summed E-state index contributed by atoms with van der Waals surface area (Å²) in [6.45, 7) is 0.643. The Morgan fingerprint density at radius 2 is 2.16 bits per heavy atom. The van der Waals surface area contributed by atoms with Gasteiger partial charge >= 0.3 is 0 Å². The first-order valence-corrected chi connectivity index (χ1v) is 6.10. The number of benzene rings is 1. The van der Waals surface area contributed by atoms with Gasteiger partial charge in [-0.2, -0.15) is 10.1 Å². The van der Waals surface area contributed by atoms with Crippen LogP contribution in [-0.4, -0.2) is 24.9 Å². The lowest BCUT2D eigenvalue weighted by Gasteiger charge is -1.96. The number of rotatable bonds is 4. The van der Waals surface area contributed by atoms with Crippen molar-refractivity contribution < 1.29 is 4.52 Å². The Labute approximate surface area is 114 Å². The van der Waals surface area contributed by atoms with Crippen LogP contribution in [0, 0.1) is 0 Å². The van der Waals surface area contributed by atoms with E-state index in [0.29, 0.717) is 29.7 Å². The van der Waals surface area contributed by atoms with Crippen LogP contribution in [-0.2, 0) is 13.0 Å². The van der Waals surface area contributed by atoms with E-state index < -0.39 is 0 Å². The van der Waals surface area contributed by atoms with Crippen molar-refractivity contribution in [1.29, 1.82) is 0 Å². The fourth-order valence-electron chi connectivity index (χ4n) is 1.67. The molecule has 0 saturated heterocycles. The van der Waals surface area contributed by atoms with Gasteiger partial charge < -0.3 is 4.52 Å². The van der Waals surface area contributed by atoms with Crippen LogP contribution in [0.15, 0.2) is 41.4 Å². The largest absolute Gasteiger partial charge is 0.339 e. The molecule has 0 fully saturated rings. The van der Waals surface area contributed by atoms with Crippen LogP contribution in [0.25, 0.3) is 11.4 Å². The maximum absolute atomic E-state index is 6.08. The first-order valence-electron chi connectivity index (χ1n) is 5.73. The maximum Gasteiger partial charge on any atom is 0.228 e. The van der Waals surface area contributed by atoms with E-state index in [1.807, 2.05) is 18.2 Å². The van der Waals surface area contributed by atoms with Gasteiger partial charge in [0.15, 0.2) is 0 Å². The number of nitrogens with zero attached hydrogens (tertiary/aromatic N) is 5. The SMILES string of the molecule is Clc1ccccc1-c1noc(CCn2cncn2)n1. The summed E-state index contributed by atoms with van der Waals surface area (Å²) in [6.07, 6.45) is 3.73. The highest BCUT2D eigenvalue weighted by Gasteiger charge is 2.11. The molecule has 3 rings (SSSR count). The molecule has 0 amide bonds. The van der Waals surface area contributed by atoms with Gasteiger partial charge in [0.2, 0.25) is 11.7 Å². The molecule has 2 aromatic heterocycles. The minimum atomic E-state index is 0.499. The Kier molecular flexibility index (Phi) is 3.24. The molecule has 6 nitrogen and oxygen atoms in total. The van der Waals surface area contributed by atoms with Crippen molar-refractivity contribution in [3.05, 3.63) is 47.8 Å². The zero-order valence-corrected chi connectivity index (χ0v) is 10.7. The Morgan fingerprint density at radius 1 is 1.26 bits per heavy atom. The molecule has 0 aliphatic carbocycles. The Hall–Kier alpha value is -2.21. The van der Waals surface area contributed by atoms with Crippen molar-refractivity contribution in [1.82, 2.24) is 24.9 Å². The number of aromatic nitrogens is 5. The van der Waals surface area contributed by atoms with Gasteiger partial charge in [-0.15, -0.1) is 0 Å². The molecule has 1 aromatic carbocycles. The lowest BCUT2D eigenvalue weighted by molar-refractivity contribution is 0.369. The predicted octanol–water partition coefficient (Wildman–Crippen LogP) is 2.22. The van der Waals surface area contributed by atoms with Crippen LogP contribution in [0.5, 0.6) is 0 Å². The summed E-state index contributed by atoms with van der Waals surface area (Å²) < 4.78 is 6.90. The van der Waals surface area contributed by atoms with Gasteiger partial charge in [0.25, 0.3) is 0 Å². The zero-order chi connectivity index (χ0) is 13.1. The molecule has 3 aromatic rings. The molecular weight excluding hydrogens is 266 g/mol. The molecule has 19 heavy (non-hydrogen) atoms. The molecule has 0 atom stereocenters. The van der Waals surface area contributed by atoms with Crippen molar-refractivity contribution in [3.8, 4) is 11.4 Å². The molecule has 0 unspecified atom stereocenters. The Balaban J connectivity index is 1.75. The minimum absolute atomic E-state index is 0.499. The van der Waals surface area contributed by atoms with Crippen LogP contribution in [0.2, 0.25) is 5.02 Å². The molecule has 0 aliphatic rings. The molecule has 0 spiro atoms.